The highest BCUT2D eigenvalue weighted by Gasteiger charge is 2.20. The molecule has 1 heterocycles. The second-order valence-corrected chi connectivity index (χ2v) is 5.90. The van der Waals surface area contributed by atoms with E-state index in [0.29, 0.717) is 5.56 Å². The van der Waals surface area contributed by atoms with Crippen LogP contribution in [0.5, 0.6) is 0 Å². The van der Waals surface area contributed by atoms with Crippen molar-refractivity contribution in [3.05, 3.63) is 92.3 Å². The molecule has 0 aliphatic rings. The van der Waals surface area contributed by atoms with Crippen LogP contribution in [0, 0.1) is 11.6 Å². The topological polar surface area (TPSA) is 86.0 Å². The van der Waals surface area contributed by atoms with E-state index in [-0.39, 0.29) is 18.8 Å². The summed E-state index contributed by atoms with van der Waals surface area (Å²) in [6.45, 7) is 1.66. The van der Waals surface area contributed by atoms with Crippen molar-refractivity contribution in [3.63, 3.8) is 0 Å². The Balaban J connectivity index is 2.21. The van der Waals surface area contributed by atoms with E-state index >= 15 is 0 Å². The lowest BCUT2D eigenvalue weighted by Crippen LogP contribution is -2.46. The van der Waals surface area contributed by atoms with Crippen molar-refractivity contribution in [2.24, 2.45) is 0 Å². The van der Waals surface area contributed by atoms with Gasteiger partial charge in [0.2, 0.25) is 5.69 Å². The molecular formula is C19H16F2N4O3. The molecule has 9 heteroatoms. The van der Waals surface area contributed by atoms with Crippen LogP contribution in [0.2, 0.25) is 0 Å². The van der Waals surface area contributed by atoms with Gasteiger partial charge in [-0.25, -0.2) is 13.6 Å². The van der Waals surface area contributed by atoms with Crippen LogP contribution in [0.15, 0.2) is 58.1 Å². The lowest BCUT2D eigenvalue weighted by molar-refractivity contribution is 0.0946. The monoisotopic (exact) mass is 386 g/mol. The first-order valence-corrected chi connectivity index (χ1v) is 8.43. The van der Waals surface area contributed by atoms with Crippen LogP contribution in [-0.4, -0.2) is 26.8 Å². The summed E-state index contributed by atoms with van der Waals surface area (Å²) in [5.74, 6) is -1.80. The van der Waals surface area contributed by atoms with Crippen molar-refractivity contribution in [2.75, 3.05) is 6.54 Å². The standard InChI is InChI=1S/C19H16F2N4O3/c1-2-22-17(26)16-18(27)24(11-12-4-3-5-14(21)10-12)19(28)25(23-16)15-8-6-13(20)7-9-15/h3-10H,2,11H2,1H3,(H,22,26). The van der Waals surface area contributed by atoms with Gasteiger partial charge in [0.15, 0.2) is 0 Å². The van der Waals surface area contributed by atoms with E-state index in [4.69, 9.17) is 0 Å². The number of hydrogen-bond donors (Lipinski definition) is 1. The van der Waals surface area contributed by atoms with E-state index in [1.54, 1.807) is 13.0 Å². The smallest absolute Gasteiger partial charge is 0.351 e. The Kier molecular flexibility index (Phi) is 5.44. The minimum atomic E-state index is -0.904. The van der Waals surface area contributed by atoms with Crippen LogP contribution < -0.4 is 16.6 Å². The molecule has 0 radical (unpaired) electrons. The molecule has 1 amide bonds. The lowest BCUT2D eigenvalue weighted by atomic mass is 10.2. The second-order valence-electron chi connectivity index (χ2n) is 5.90. The number of nitrogens with one attached hydrogen (secondary N) is 1. The molecule has 0 saturated carbocycles. The van der Waals surface area contributed by atoms with E-state index in [1.807, 2.05) is 0 Å². The summed E-state index contributed by atoms with van der Waals surface area (Å²) in [7, 11) is 0. The fraction of sp³-hybridized carbons (Fsp3) is 0.158. The molecule has 3 rings (SSSR count). The average Bonchev–Trinajstić information content (AvgIpc) is 2.66. The Morgan fingerprint density at radius 1 is 1.07 bits per heavy atom. The summed E-state index contributed by atoms with van der Waals surface area (Å²) in [6, 6.07) is 10.2. The summed E-state index contributed by atoms with van der Waals surface area (Å²) >= 11 is 0. The van der Waals surface area contributed by atoms with Gasteiger partial charge in [0, 0.05) is 6.54 Å². The molecule has 0 spiro atoms. The molecule has 1 aromatic heterocycles. The van der Waals surface area contributed by atoms with Gasteiger partial charge in [-0.2, -0.15) is 9.78 Å². The van der Waals surface area contributed by atoms with Gasteiger partial charge < -0.3 is 5.32 Å². The van der Waals surface area contributed by atoms with Crippen molar-refractivity contribution < 1.29 is 13.6 Å². The van der Waals surface area contributed by atoms with Crippen LogP contribution in [0.4, 0.5) is 8.78 Å². The first-order valence-electron chi connectivity index (χ1n) is 8.43. The molecule has 1 N–H and O–H groups in total. The minimum absolute atomic E-state index is 0.171. The summed E-state index contributed by atoms with van der Waals surface area (Å²) in [5.41, 5.74) is -1.71. The van der Waals surface area contributed by atoms with E-state index in [1.165, 1.54) is 30.3 Å². The van der Waals surface area contributed by atoms with Gasteiger partial charge in [-0.1, -0.05) is 12.1 Å². The van der Waals surface area contributed by atoms with Crippen molar-refractivity contribution >= 4 is 5.91 Å². The molecule has 7 nitrogen and oxygen atoms in total. The Labute approximate surface area is 157 Å². The number of amides is 1. The minimum Gasteiger partial charge on any atom is -0.351 e. The van der Waals surface area contributed by atoms with Gasteiger partial charge in [0.05, 0.1) is 12.2 Å². The number of carbonyl (C=O) groups excluding carboxylic acids is 1. The second kappa shape index (κ2) is 7.95. The Morgan fingerprint density at radius 3 is 2.43 bits per heavy atom. The summed E-state index contributed by atoms with van der Waals surface area (Å²) in [4.78, 5) is 37.8. The van der Waals surface area contributed by atoms with Gasteiger partial charge in [-0.3, -0.25) is 14.2 Å². The van der Waals surface area contributed by atoms with Crippen LogP contribution >= 0.6 is 0 Å². The third kappa shape index (κ3) is 3.88. The zero-order valence-corrected chi connectivity index (χ0v) is 14.9. The zero-order valence-electron chi connectivity index (χ0n) is 14.9. The number of rotatable bonds is 5. The normalized spacial score (nSPS) is 10.7. The number of halogens is 2. The van der Waals surface area contributed by atoms with Crippen molar-refractivity contribution in [1.29, 1.82) is 0 Å². The quantitative estimate of drug-likeness (QED) is 0.720. The first kappa shape index (κ1) is 19.2. The maximum absolute atomic E-state index is 13.5. The highest BCUT2D eigenvalue weighted by Crippen LogP contribution is 2.07. The number of benzene rings is 2. The lowest BCUT2D eigenvalue weighted by Gasteiger charge is -2.12. The molecule has 0 saturated heterocycles. The predicted molar refractivity (Wildman–Crippen MR) is 97.6 cm³/mol. The summed E-state index contributed by atoms with van der Waals surface area (Å²) in [5, 5.41) is 6.33. The van der Waals surface area contributed by atoms with Crippen LogP contribution in [0.3, 0.4) is 0 Å². The number of carbonyl (C=O) groups is 1. The molecule has 28 heavy (non-hydrogen) atoms. The third-order valence-corrected chi connectivity index (χ3v) is 3.91. The molecule has 0 bridgehead atoms. The van der Waals surface area contributed by atoms with E-state index in [0.717, 1.165) is 21.4 Å². The Morgan fingerprint density at radius 2 is 1.79 bits per heavy atom. The van der Waals surface area contributed by atoms with Crippen molar-refractivity contribution in [3.8, 4) is 5.69 Å². The molecule has 0 unspecified atom stereocenters. The maximum Gasteiger partial charge on any atom is 0.352 e. The van der Waals surface area contributed by atoms with Crippen molar-refractivity contribution in [2.45, 2.75) is 13.5 Å². The van der Waals surface area contributed by atoms with Crippen LogP contribution in [0.25, 0.3) is 5.69 Å². The van der Waals surface area contributed by atoms with Gasteiger partial charge in [0.1, 0.15) is 11.6 Å². The number of hydrogen-bond acceptors (Lipinski definition) is 4. The van der Waals surface area contributed by atoms with E-state index in [2.05, 4.69) is 10.4 Å². The van der Waals surface area contributed by atoms with Crippen molar-refractivity contribution in [1.82, 2.24) is 19.7 Å². The fourth-order valence-electron chi connectivity index (χ4n) is 2.61. The number of nitrogens with zero attached hydrogens (tertiary/aromatic N) is 3. The maximum atomic E-state index is 13.5. The largest absolute Gasteiger partial charge is 0.352 e. The molecule has 0 fully saturated rings. The van der Waals surface area contributed by atoms with Gasteiger partial charge in [0.25, 0.3) is 11.5 Å². The number of aromatic nitrogens is 3. The van der Waals surface area contributed by atoms with Gasteiger partial charge in [-0.05, 0) is 48.9 Å². The first-order chi connectivity index (χ1) is 13.4. The highest BCUT2D eigenvalue weighted by atomic mass is 19.1. The fourth-order valence-corrected chi connectivity index (χ4v) is 2.61. The predicted octanol–water partition coefficient (Wildman–Crippen LogP) is 1.47. The van der Waals surface area contributed by atoms with Crippen LogP contribution in [0.1, 0.15) is 23.0 Å². The molecule has 2 aromatic carbocycles. The Hall–Kier alpha value is -3.62. The summed E-state index contributed by atoms with van der Waals surface area (Å²) < 4.78 is 28.3. The summed E-state index contributed by atoms with van der Waals surface area (Å²) in [6.07, 6.45) is 0. The Bertz CT molecular complexity index is 1140. The van der Waals surface area contributed by atoms with E-state index in [9.17, 15) is 23.2 Å². The van der Waals surface area contributed by atoms with E-state index < -0.39 is 34.5 Å². The third-order valence-electron chi connectivity index (χ3n) is 3.91. The zero-order chi connectivity index (χ0) is 20.3. The van der Waals surface area contributed by atoms with Gasteiger partial charge in [-0.15, -0.1) is 0 Å². The molecule has 0 aliphatic carbocycles. The molecule has 3 aromatic rings. The highest BCUT2D eigenvalue weighted by molar-refractivity contribution is 5.91. The average molecular weight is 386 g/mol. The molecule has 144 valence electrons. The molecule has 0 atom stereocenters. The van der Waals surface area contributed by atoms with Gasteiger partial charge >= 0.3 is 5.69 Å². The van der Waals surface area contributed by atoms with Crippen LogP contribution in [-0.2, 0) is 6.54 Å². The SMILES string of the molecule is CCNC(=O)c1nn(-c2ccc(F)cc2)c(=O)n(Cc2cccc(F)c2)c1=O. The molecular weight excluding hydrogens is 370 g/mol. The molecule has 0 aliphatic heterocycles.